The van der Waals surface area contributed by atoms with E-state index < -0.39 is 5.41 Å². The first-order valence-electron chi connectivity index (χ1n) is 9.81. The number of nitrogens with one attached hydrogen (secondary N) is 1. The largest absolute Gasteiger partial charge is 0.497 e. The molecule has 1 amide bonds. The quantitative estimate of drug-likeness (QED) is 0.649. The van der Waals surface area contributed by atoms with Crippen molar-refractivity contribution in [3.8, 4) is 11.5 Å². The van der Waals surface area contributed by atoms with Crippen LogP contribution < -0.4 is 14.8 Å². The molecule has 0 aliphatic heterocycles. The number of carbonyl (C=O) groups excluding carboxylic acids is 1. The van der Waals surface area contributed by atoms with E-state index in [1.807, 2.05) is 44.2 Å². The van der Waals surface area contributed by atoms with Gasteiger partial charge in [0.1, 0.15) is 17.4 Å². The zero-order valence-corrected chi connectivity index (χ0v) is 17.3. The first-order chi connectivity index (χ1) is 14.5. The normalized spacial score (nSPS) is 19.8. The van der Waals surface area contributed by atoms with Crippen molar-refractivity contribution >= 4 is 11.7 Å². The van der Waals surface area contributed by atoms with Gasteiger partial charge in [0.05, 0.1) is 31.5 Å². The average Bonchev–Trinajstić information content (AvgIpc) is 3.50. The number of hydrogen-bond acceptors (Lipinski definition) is 6. The third-order valence-corrected chi connectivity index (χ3v) is 5.50. The number of pyridine rings is 1. The van der Waals surface area contributed by atoms with Crippen molar-refractivity contribution in [2.24, 2.45) is 5.92 Å². The molecule has 3 aromatic rings. The number of anilines is 1. The van der Waals surface area contributed by atoms with Crippen LogP contribution >= 0.6 is 0 Å². The predicted molar refractivity (Wildman–Crippen MR) is 113 cm³/mol. The van der Waals surface area contributed by atoms with E-state index in [0.717, 1.165) is 11.3 Å². The molecule has 0 bridgehead atoms. The van der Waals surface area contributed by atoms with Crippen molar-refractivity contribution < 1.29 is 14.3 Å². The molecule has 2 heterocycles. The van der Waals surface area contributed by atoms with Crippen molar-refractivity contribution in [3.63, 3.8) is 0 Å². The van der Waals surface area contributed by atoms with E-state index in [0.29, 0.717) is 36.2 Å². The lowest BCUT2D eigenvalue weighted by Crippen LogP contribution is -2.27. The highest BCUT2D eigenvalue weighted by Gasteiger charge is 2.60. The Morgan fingerprint density at radius 2 is 2.00 bits per heavy atom. The molecule has 0 saturated heterocycles. The molecule has 4 rings (SSSR count). The summed E-state index contributed by atoms with van der Waals surface area (Å²) in [6.07, 6.45) is 3.99. The van der Waals surface area contributed by atoms with Crippen molar-refractivity contribution in [3.05, 3.63) is 71.9 Å². The Morgan fingerprint density at radius 1 is 1.20 bits per heavy atom. The topological polar surface area (TPSA) is 86.2 Å². The lowest BCUT2D eigenvalue weighted by molar-refractivity contribution is -0.117. The van der Waals surface area contributed by atoms with Crippen LogP contribution in [-0.2, 0) is 10.2 Å². The molecule has 154 valence electrons. The Kier molecular flexibility index (Phi) is 5.35. The summed E-state index contributed by atoms with van der Waals surface area (Å²) in [5, 5.41) is 2.91. The van der Waals surface area contributed by atoms with Crippen molar-refractivity contribution in [1.29, 1.82) is 0 Å². The maximum Gasteiger partial charge on any atom is 0.229 e. The molecule has 1 aromatic carbocycles. The van der Waals surface area contributed by atoms with Gasteiger partial charge in [0.25, 0.3) is 0 Å². The molecule has 2 aromatic heterocycles. The third-order valence-electron chi connectivity index (χ3n) is 5.50. The molecule has 0 radical (unpaired) electrons. The highest BCUT2D eigenvalue weighted by atomic mass is 16.5. The molecule has 2 atom stereocenters. The fourth-order valence-corrected chi connectivity index (χ4v) is 3.72. The second kappa shape index (κ2) is 8.10. The molecule has 1 aliphatic rings. The second-order valence-corrected chi connectivity index (χ2v) is 7.50. The molecule has 1 saturated carbocycles. The number of benzene rings is 1. The number of carbonyl (C=O) groups is 1. The molecule has 1 fully saturated rings. The van der Waals surface area contributed by atoms with Gasteiger partial charge in [0.15, 0.2) is 5.75 Å². The van der Waals surface area contributed by atoms with Gasteiger partial charge in [-0.05, 0) is 31.9 Å². The van der Waals surface area contributed by atoms with Gasteiger partial charge in [-0.1, -0.05) is 30.3 Å². The Morgan fingerprint density at radius 3 is 2.73 bits per heavy atom. The van der Waals surface area contributed by atoms with Crippen molar-refractivity contribution in [2.45, 2.75) is 25.7 Å². The fraction of sp³-hybridized carbons (Fsp3) is 0.304. The number of aromatic nitrogens is 3. The van der Waals surface area contributed by atoms with Gasteiger partial charge in [0.2, 0.25) is 5.91 Å². The summed E-state index contributed by atoms with van der Waals surface area (Å²) in [4.78, 5) is 25.8. The molecule has 1 N–H and O–H groups in total. The second-order valence-electron chi connectivity index (χ2n) is 7.50. The van der Waals surface area contributed by atoms with E-state index >= 15 is 0 Å². The van der Waals surface area contributed by atoms with Crippen molar-refractivity contribution in [1.82, 2.24) is 15.0 Å². The van der Waals surface area contributed by atoms with E-state index in [4.69, 9.17) is 9.47 Å². The van der Waals surface area contributed by atoms with Gasteiger partial charge in [-0.3, -0.25) is 4.79 Å². The maximum atomic E-state index is 13.0. The van der Waals surface area contributed by atoms with E-state index in [1.54, 1.807) is 31.6 Å². The molecular formula is C23H24N4O3. The van der Waals surface area contributed by atoms with Crippen LogP contribution in [0.25, 0.3) is 0 Å². The van der Waals surface area contributed by atoms with Gasteiger partial charge in [-0.25, -0.2) is 15.0 Å². The summed E-state index contributed by atoms with van der Waals surface area (Å²) in [7, 11) is 1.58. The summed E-state index contributed by atoms with van der Waals surface area (Å²) in [5.74, 6) is 2.14. The minimum Gasteiger partial charge on any atom is -0.497 e. The molecule has 0 spiro atoms. The van der Waals surface area contributed by atoms with Gasteiger partial charge in [-0.2, -0.15) is 0 Å². The maximum absolute atomic E-state index is 13.0. The van der Waals surface area contributed by atoms with E-state index in [-0.39, 0.29) is 11.8 Å². The number of amides is 1. The molecule has 30 heavy (non-hydrogen) atoms. The van der Waals surface area contributed by atoms with Gasteiger partial charge in [-0.15, -0.1) is 0 Å². The van der Waals surface area contributed by atoms with Crippen LogP contribution in [0.4, 0.5) is 5.82 Å². The number of ether oxygens (including phenoxy) is 2. The summed E-state index contributed by atoms with van der Waals surface area (Å²) in [5.41, 5.74) is 1.46. The standard InChI is InChI=1S/C23H24N4O3/c1-15-20(13-25-16(2)26-15)30-14-23(17-7-5-4-6-8-17)12-19(23)22(28)27-21-11-18(29-3)9-10-24-21/h4-11,13,19H,12,14H2,1-3H3,(H,24,27,28)/t19?,23-/m1/s1. The molecule has 1 unspecified atom stereocenters. The predicted octanol–water partition coefficient (Wildman–Crippen LogP) is 3.47. The Bertz CT molecular complexity index is 1060. The lowest BCUT2D eigenvalue weighted by Gasteiger charge is -2.19. The van der Waals surface area contributed by atoms with Gasteiger partial charge >= 0.3 is 0 Å². The summed E-state index contributed by atoms with van der Waals surface area (Å²) < 4.78 is 11.3. The van der Waals surface area contributed by atoms with Crippen molar-refractivity contribution in [2.75, 3.05) is 19.0 Å². The highest BCUT2D eigenvalue weighted by Crippen LogP contribution is 2.55. The van der Waals surface area contributed by atoms with E-state index in [1.165, 1.54) is 0 Å². The zero-order chi connectivity index (χ0) is 21.1. The Balaban J connectivity index is 1.53. The average molecular weight is 404 g/mol. The molecule has 7 nitrogen and oxygen atoms in total. The Hall–Kier alpha value is -3.48. The van der Waals surface area contributed by atoms with Crippen LogP contribution in [0.5, 0.6) is 11.5 Å². The number of methoxy groups -OCH3 is 1. The van der Waals surface area contributed by atoms with Gasteiger partial charge < -0.3 is 14.8 Å². The smallest absolute Gasteiger partial charge is 0.229 e. The summed E-state index contributed by atoms with van der Waals surface area (Å²) >= 11 is 0. The number of rotatable bonds is 7. The summed E-state index contributed by atoms with van der Waals surface area (Å²) in [6, 6.07) is 13.4. The first kappa shape index (κ1) is 19.8. The zero-order valence-electron chi connectivity index (χ0n) is 17.3. The number of aryl methyl sites for hydroxylation is 2. The minimum atomic E-state index is -0.401. The molecule has 7 heteroatoms. The molecular weight excluding hydrogens is 380 g/mol. The van der Waals surface area contributed by atoms with Crippen LogP contribution in [0.1, 0.15) is 23.5 Å². The van der Waals surface area contributed by atoms with E-state index in [9.17, 15) is 4.79 Å². The highest BCUT2D eigenvalue weighted by molar-refractivity contribution is 5.95. The SMILES string of the molecule is COc1ccnc(NC(=O)C2C[C@@]2(COc2cnc(C)nc2C)c2ccccc2)c1. The monoisotopic (exact) mass is 404 g/mol. The lowest BCUT2D eigenvalue weighted by atomic mass is 9.93. The summed E-state index contributed by atoms with van der Waals surface area (Å²) in [6.45, 7) is 4.11. The minimum absolute atomic E-state index is 0.0833. The van der Waals surface area contributed by atoms with Crippen LogP contribution in [0.2, 0.25) is 0 Å². The Labute approximate surface area is 175 Å². The van der Waals surface area contributed by atoms with Crippen LogP contribution in [-0.4, -0.2) is 34.6 Å². The van der Waals surface area contributed by atoms with E-state index in [2.05, 4.69) is 20.3 Å². The van der Waals surface area contributed by atoms with Crippen LogP contribution in [0.15, 0.2) is 54.9 Å². The third kappa shape index (κ3) is 3.96. The number of nitrogens with zero attached hydrogens (tertiary/aromatic N) is 3. The fourth-order valence-electron chi connectivity index (χ4n) is 3.72. The van der Waals surface area contributed by atoms with Crippen LogP contribution in [0.3, 0.4) is 0 Å². The van der Waals surface area contributed by atoms with Gasteiger partial charge in [0, 0.05) is 17.7 Å². The molecule has 1 aliphatic carbocycles. The number of hydrogen-bond donors (Lipinski definition) is 1. The first-order valence-corrected chi connectivity index (χ1v) is 9.81. The van der Waals surface area contributed by atoms with Crippen LogP contribution in [0, 0.1) is 19.8 Å².